The molecular weight excluding hydrogens is 290 g/mol. The molecule has 1 aromatic rings. The minimum Gasteiger partial charge on any atom is -0.481 e. The number of aliphatic carboxylic acids is 1. The van der Waals surface area contributed by atoms with Crippen LogP contribution in [0.25, 0.3) is 0 Å². The van der Waals surface area contributed by atoms with Gasteiger partial charge in [-0.1, -0.05) is 25.5 Å². The van der Waals surface area contributed by atoms with Crippen molar-refractivity contribution in [3.05, 3.63) is 24.3 Å². The summed E-state index contributed by atoms with van der Waals surface area (Å²) >= 11 is 0. The van der Waals surface area contributed by atoms with Crippen LogP contribution >= 0.6 is 0 Å². The summed E-state index contributed by atoms with van der Waals surface area (Å²) in [7, 11) is -3.29. The Labute approximate surface area is 125 Å². The van der Waals surface area contributed by atoms with Crippen molar-refractivity contribution < 1.29 is 18.3 Å². The molecule has 0 heterocycles. The van der Waals surface area contributed by atoms with Crippen molar-refractivity contribution >= 4 is 21.5 Å². The van der Waals surface area contributed by atoms with Gasteiger partial charge in [0.25, 0.3) is 0 Å². The van der Waals surface area contributed by atoms with Gasteiger partial charge >= 0.3 is 5.97 Å². The summed E-state index contributed by atoms with van der Waals surface area (Å²) in [4.78, 5) is 11.4. The summed E-state index contributed by atoms with van der Waals surface area (Å²) < 4.78 is 24.2. The van der Waals surface area contributed by atoms with Gasteiger partial charge in [0.05, 0.1) is 22.3 Å². The highest BCUT2D eigenvalue weighted by Gasteiger charge is 2.28. The maximum atomic E-state index is 12.1. The van der Waals surface area contributed by atoms with E-state index in [9.17, 15) is 13.2 Å². The third kappa shape index (κ3) is 3.75. The average molecular weight is 311 g/mol. The van der Waals surface area contributed by atoms with Crippen LogP contribution in [0.1, 0.15) is 32.6 Å². The molecule has 0 spiro atoms. The third-order valence-electron chi connectivity index (χ3n) is 3.99. The molecule has 1 aliphatic rings. The Bertz CT molecular complexity index is 612. The molecule has 1 aliphatic carbocycles. The number of anilines is 1. The predicted molar refractivity (Wildman–Crippen MR) is 81.2 cm³/mol. The van der Waals surface area contributed by atoms with Gasteiger partial charge in [-0.15, -0.1) is 0 Å². The summed E-state index contributed by atoms with van der Waals surface area (Å²) in [6.45, 7) is 1.62. The van der Waals surface area contributed by atoms with E-state index in [1.807, 2.05) is 0 Å². The van der Waals surface area contributed by atoms with Crippen molar-refractivity contribution in [3.63, 3.8) is 0 Å². The minimum atomic E-state index is -3.29. The molecule has 0 radical (unpaired) electrons. The van der Waals surface area contributed by atoms with Crippen molar-refractivity contribution in [1.29, 1.82) is 0 Å². The van der Waals surface area contributed by atoms with Gasteiger partial charge in [-0.3, -0.25) is 4.79 Å². The Balaban J connectivity index is 2.19. The lowest BCUT2D eigenvalue weighted by atomic mass is 9.85. The molecule has 6 heteroatoms. The van der Waals surface area contributed by atoms with Crippen molar-refractivity contribution in [2.24, 2.45) is 5.92 Å². The van der Waals surface area contributed by atoms with E-state index in [2.05, 4.69) is 5.32 Å². The number of nitrogens with one attached hydrogen (secondary N) is 1. The van der Waals surface area contributed by atoms with Crippen molar-refractivity contribution in [2.75, 3.05) is 11.1 Å². The zero-order valence-electron chi connectivity index (χ0n) is 12.1. The molecule has 1 saturated carbocycles. The van der Waals surface area contributed by atoms with Gasteiger partial charge < -0.3 is 10.4 Å². The van der Waals surface area contributed by atoms with Crippen LogP contribution in [0.2, 0.25) is 0 Å². The number of carbonyl (C=O) groups is 1. The van der Waals surface area contributed by atoms with Gasteiger partial charge in [0.2, 0.25) is 0 Å². The number of benzene rings is 1. The van der Waals surface area contributed by atoms with E-state index in [1.54, 1.807) is 31.2 Å². The van der Waals surface area contributed by atoms with E-state index in [1.165, 1.54) is 0 Å². The number of carboxylic acid groups (broad SMARTS) is 1. The smallest absolute Gasteiger partial charge is 0.306 e. The normalized spacial score (nSPS) is 22.7. The lowest BCUT2D eigenvalue weighted by Gasteiger charge is -2.28. The molecule has 0 amide bonds. The van der Waals surface area contributed by atoms with Gasteiger partial charge in [-0.25, -0.2) is 8.42 Å². The highest BCUT2D eigenvalue weighted by atomic mass is 32.2. The molecule has 2 atom stereocenters. The Morgan fingerprint density at radius 1 is 1.33 bits per heavy atom. The van der Waals surface area contributed by atoms with E-state index in [-0.39, 0.29) is 17.7 Å². The van der Waals surface area contributed by atoms with Gasteiger partial charge in [0.1, 0.15) is 0 Å². The largest absolute Gasteiger partial charge is 0.481 e. The average Bonchev–Trinajstić information content (AvgIpc) is 2.48. The first-order valence-corrected chi connectivity index (χ1v) is 8.90. The van der Waals surface area contributed by atoms with E-state index >= 15 is 0 Å². The van der Waals surface area contributed by atoms with Crippen LogP contribution in [-0.4, -0.2) is 31.3 Å². The lowest BCUT2D eigenvalue weighted by Crippen LogP contribution is -2.31. The first-order valence-electron chi connectivity index (χ1n) is 7.25. The molecular formula is C15H21NO4S. The van der Waals surface area contributed by atoms with Crippen LogP contribution in [-0.2, 0) is 14.6 Å². The van der Waals surface area contributed by atoms with E-state index < -0.39 is 15.8 Å². The monoisotopic (exact) mass is 311 g/mol. The fraction of sp³-hybridized carbons (Fsp3) is 0.533. The van der Waals surface area contributed by atoms with Gasteiger partial charge in [-0.2, -0.15) is 0 Å². The van der Waals surface area contributed by atoms with Crippen molar-refractivity contribution in [1.82, 2.24) is 0 Å². The molecule has 0 aliphatic heterocycles. The molecule has 2 unspecified atom stereocenters. The number of hydrogen-bond acceptors (Lipinski definition) is 4. The third-order valence-corrected chi connectivity index (χ3v) is 5.77. The second-order valence-electron chi connectivity index (χ2n) is 5.44. The summed E-state index contributed by atoms with van der Waals surface area (Å²) in [5.41, 5.74) is 0.579. The standard InChI is InChI=1S/C15H21NO4S/c1-2-21(19,20)14-9-4-3-8-13(14)16-12-7-5-6-11(10-12)15(17)18/h3-4,8-9,11-12,16H,2,5-7,10H2,1H3,(H,17,18). The minimum absolute atomic E-state index is 0.00746. The molecule has 2 rings (SSSR count). The van der Waals surface area contributed by atoms with Crippen LogP contribution < -0.4 is 5.32 Å². The Morgan fingerprint density at radius 3 is 2.71 bits per heavy atom. The fourth-order valence-corrected chi connectivity index (χ4v) is 3.84. The van der Waals surface area contributed by atoms with Crippen LogP contribution in [0.3, 0.4) is 0 Å². The first-order chi connectivity index (χ1) is 9.94. The summed E-state index contributed by atoms with van der Waals surface area (Å²) in [6.07, 6.45) is 2.94. The van der Waals surface area contributed by atoms with Gasteiger partial charge in [-0.05, 0) is 31.4 Å². The lowest BCUT2D eigenvalue weighted by molar-refractivity contribution is -0.142. The molecule has 0 bridgehead atoms. The van der Waals surface area contributed by atoms with Gasteiger partial charge in [0, 0.05) is 6.04 Å². The summed E-state index contributed by atoms with van der Waals surface area (Å²) in [5, 5.41) is 12.4. The van der Waals surface area contributed by atoms with E-state index in [0.717, 1.165) is 12.8 Å². The second kappa shape index (κ2) is 6.47. The van der Waals surface area contributed by atoms with Crippen molar-refractivity contribution in [2.45, 2.75) is 43.5 Å². The second-order valence-corrected chi connectivity index (χ2v) is 7.69. The molecule has 116 valence electrons. The summed E-state index contributed by atoms with van der Waals surface area (Å²) in [5.74, 6) is -1.06. The Morgan fingerprint density at radius 2 is 2.05 bits per heavy atom. The van der Waals surface area contributed by atoms with Crippen LogP contribution in [0.15, 0.2) is 29.2 Å². The number of sulfone groups is 1. The number of rotatable bonds is 5. The Hall–Kier alpha value is -1.56. The van der Waals surface area contributed by atoms with Gasteiger partial charge in [0.15, 0.2) is 9.84 Å². The first kappa shape index (κ1) is 15.8. The molecule has 5 nitrogen and oxygen atoms in total. The van der Waals surface area contributed by atoms with E-state index in [4.69, 9.17) is 5.11 Å². The van der Waals surface area contributed by atoms with Crippen LogP contribution in [0.4, 0.5) is 5.69 Å². The quantitative estimate of drug-likeness (QED) is 0.873. The van der Waals surface area contributed by atoms with Crippen LogP contribution in [0.5, 0.6) is 0 Å². The molecule has 1 fully saturated rings. The molecule has 0 saturated heterocycles. The maximum absolute atomic E-state index is 12.1. The van der Waals surface area contributed by atoms with E-state index in [0.29, 0.717) is 23.4 Å². The zero-order valence-corrected chi connectivity index (χ0v) is 12.9. The highest BCUT2D eigenvalue weighted by molar-refractivity contribution is 7.91. The molecule has 2 N–H and O–H groups in total. The number of para-hydroxylation sites is 1. The topological polar surface area (TPSA) is 83.5 Å². The zero-order chi connectivity index (χ0) is 15.5. The molecule has 21 heavy (non-hydrogen) atoms. The summed E-state index contributed by atoms with van der Waals surface area (Å²) in [6, 6.07) is 6.84. The maximum Gasteiger partial charge on any atom is 0.306 e. The van der Waals surface area contributed by atoms with Crippen molar-refractivity contribution in [3.8, 4) is 0 Å². The Kier molecular flexibility index (Phi) is 4.88. The highest BCUT2D eigenvalue weighted by Crippen LogP contribution is 2.29. The SMILES string of the molecule is CCS(=O)(=O)c1ccccc1NC1CCCC(C(=O)O)C1. The molecule has 0 aromatic heterocycles. The number of carboxylic acids is 1. The number of hydrogen-bond donors (Lipinski definition) is 2. The fourth-order valence-electron chi connectivity index (χ4n) is 2.78. The molecule has 1 aromatic carbocycles. The predicted octanol–water partition coefficient (Wildman–Crippen LogP) is 2.54. The van der Waals surface area contributed by atoms with Crippen LogP contribution in [0, 0.1) is 5.92 Å².